The minimum Gasteiger partial charge on any atom is -0.399 e. The van der Waals surface area contributed by atoms with Crippen LogP contribution in [-0.2, 0) is 15.5 Å². The van der Waals surface area contributed by atoms with Gasteiger partial charge in [0.05, 0.1) is 22.3 Å². The molecule has 0 aromatic heterocycles. The van der Waals surface area contributed by atoms with Gasteiger partial charge < -0.3 is 14.2 Å². The van der Waals surface area contributed by atoms with Crippen LogP contribution in [-0.4, -0.2) is 48.1 Å². The number of likely N-dealkylation sites (tertiary alicyclic amines) is 1. The lowest BCUT2D eigenvalue weighted by molar-refractivity contribution is -0.138. The Morgan fingerprint density at radius 1 is 1.03 bits per heavy atom. The predicted molar refractivity (Wildman–Crippen MR) is 97.2 cm³/mol. The molecule has 0 N–H and O–H groups in total. The Morgan fingerprint density at radius 2 is 1.55 bits per heavy atom. The molecule has 2 heterocycles. The van der Waals surface area contributed by atoms with Gasteiger partial charge in [-0.05, 0) is 45.3 Å². The summed E-state index contributed by atoms with van der Waals surface area (Å²) in [5.41, 5.74) is -2.84. The van der Waals surface area contributed by atoms with Crippen molar-refractivity contribution in [2.75, 3.05) is 13.1 Å². The highest BCUT2D eigenvalue weighted by Crippen LogP contribution is 2.38. The monoisotopic (exact) mass is 419 g/mol. The molecule has 0 radical (unpaired) electrons. The fourth-order valence-electron chi connectivity index (χ4n) is 3.32. The molecule has 4 nitrogen and oxygen atoms in total. The number of piperidine rings is 1. The van der Waals surface area contributed by atoms with E-state index in [2.05, 4.69) is 0 Å². The highest BCUT2D eigenvalue weighted by Gasteiger charge is 2.52. The van der Waals surface area contributed by atoms with Gasteiger partial charge in [0.15, 0.2) is 0 Å². The van der Waals surface area contributed by atoms with Gasteiger partial charge in [0.1, 0.15) is 0 Å². The molecule has 2 aliphatic rings. The fraction of sp³-hybridized carbons (Fsp3) is 0.632. The molecular formula is C19H23BF5NO3. The van der Waals surface area contributed by atoms with Crippen molar-refractivity contribution in [3.63, 3.8) is 0 Å². The second-order valence-electron chi connectivity index (χ2n) is 8.54. The minimum absolute atomic E-state index is 0.266. The fourth-order valence-corrected chi connectivity index (χ4v) is 3.32. The number of carbonyl (C=O) groups is 1. The van der Waals surface area contributed by atoms with Crippen LogP contribution in [0.5, 0.6) is 0 Å². The number of alkyl halides is 5. The number of hydrogen-bond donors (Lipinski definition) is 0. The van der Waals surface area contributed by atoms with Crippen molar-refractivity contribution in [1.82, 2.24) is 4.90 Å². The molecule has 160 valence electrons. The SMILES string of the molecule is CC1(C)OB(c2ccc(C(F)(F)F)c(C(=O)N3CCC(F)(F)CC3)c2)OC1(C)C. The van der Waals surface area contributed by atoms with Gasteiger partial charge in [-0.3, -0.25) is 4.79 Å². The molecule has 1 aromatic carbocycles. The van der Waals surface area contributed by atoms with E-state index in [1.54, 1.807) is 27.7 Å². The topological polar surface area (TPSA) is 38.8 Å². The number of amides is 1. The van der Waals surface area contributed by atoms with Crippen LogP contribution in [0.2, 0.25) is 0 Å². The summed E-state index contributed by atoms with van der Waals surface area (Å²) in [4.78, 5) is 13.8. The van der Waals surface area contributed by atoms with Crippen molar-refractivity contribution < 1.29 is 36.1 Å². The summed E-state index contributed by atoms with van der Waals surface area (Å²) < 4.78 is 79.0. The van der Waals surface area contributed by atoms with E-state index in [1.807, 2.05) is 0 Å². The van der Waals surface area contributed by atoms with Crippen LogP contribution in [0, 0.1) is 0 Å². The van der Waals surface area contributed by atoms with Crippen molar-refractivity contribution in [1.29, 1.82) is 0 Å². The van der Waals surface area contributed by atoms with Crippen LogP contribution in [0.3, 0.4) is 0 Å². The normalized spacial score (nSPS) is 23.3. The van der Waals surface area contributed by atoms with Crippen LogP contribution in [0.25, 0.3) is 0 Å². The standard InChI is InChI=1S/C19H23BF5NO3/c1-16(2)17(3,4)29-20(28-16)12-5-6-14(19(23,24)25)13(11-12)15(27)26-9-7-18(21,22)8-10-26/h5-6,11H,7-10H2,1-4H3. The number of nitrogens with zero attached hydrogens (tertiary/aromatic N) is 1. The zero-order valence-corrected chi connectivity index (χ0v) is 16.7. The maximum Gasteiger partial charge on any atom is 0.494 e. The largest absolute Gasteiger partial charge is 0.494 e. The Kier molecular flexibility index (Phi) is 5.27. The van der Waals surface area contributed by atoms with Crippen molar-refractivity contribution >= 4 is 18.5 Å². The van der Waals surface area contributed by atoms with E-state index in [9.17, 15) is 26.7 Å². The van der Waals surface area contributed by atoms with E-state index >= 15 is 0 Å². The van der Waals surface area contributed by atoms with Crippen molar-refractivity contribution in [2.45, 2.75) is 63.8 Å². The highest BCUT2D eigenvalue weighted by molar-refractivity contribution is 6.62. The second kappa shape index (κ2) is 6.94. The molecule has 0 bridgehead atoms. The zero-order chi connectivity index (χ0) is 21.8. The van der Waals surface area contributed by atoms with Gasteiger partial charge in [-0.1, -0.05) is 6.07 Å². The maximum absolute atomic E-state index is 13.5. The summed E-state index contributed by atoms with van der Waals surface area (Å²) in [5, 5.41) is 0. The van der Waals surface area contributed by atoms with Gasteiger partial charge in [0.25, 0.3) is 11.8 Å². The summed E-state index contributed by atoms with van der Waals surface area (Å²) in [6, 6.07) is 3.12. The summed E-state index contributed by atoms with van der Waals surface area (Å²) >= 11 is 0. The average molecular weight is 419 g/mol. The first kappa shape index (κ1) is 22.0. The van der Waals surface area contributed by atoms with E-state index in [0.717, 1.165) is 17.0 Å². The summed E-state index contributed by atoms with van der Waals surface area (Å²) in [5.74, 6) is -3.83. The maximum atomic E-state index is 13.5. The van der Waals surface area contributed by atoms with E-state index in [-0.39, 0.29) is 18.6 Å². The highest BCUT2D eigenvalue weighted by atomic mass is 19.4. The van der Waals surface area contributed by atoms with Gasteiger partial charge >= 0.3 is 13.3 Å². The summed E-state index contributed by atoms with van der Waals surface area (Å²) in [6.45, 7) is 6.61. The lowest BCUT2D eigenvalue weighted by atomic mass is 9.77. The Morgan fingerprint density at radius 3 is 2.03 bits per heavy atom. The predicted octanol–water partition coefficient (Wildman–Crippen LogP) is 3.88. The molecular weight excluding hydrogens is 396 g/mol. The van der Waals surface area contributed by atoms with Gasteiger partial charge in [0, 0.05) is 25.9 Å². The molecule has 2 fully saturated rings. The lowest BCUT2D eigenvalue weighted by Crippen LogP contribution is -2.44. The minimum atomic E-state index is -4.76. The smallest absolute Gasteiger partial charge is 0.399 e. The van der Waals surface area contributed by atoms with Gasteiger partial charge in [-0.15, -0.1) is 0 Å². The van der Waals surface area contributed by atoms with Crippen LogP contribution >= 0.6 is 0 Å². The third-order valence-corrected chi connectivity index (χ3v) is 5.89. The van der Waals surface area contributed by atoms with E-state index in [4.69, 9.17) is 9.31 Å². The average Bonchev–Trinajstić information content (AvgIpc) is 2.80. The molecule has 0 saturated carbocycles. The molecule has 0 spiro atoms. The number of carbonyl (C=O) groups excluding carboxylic acids is 1. The quantitative estimate of drug-likeness (QED) is 0.540. The molecule has 29 heavy (non-hydrogen) atoms. The summed E-state index contributed by atoms with van der Waals surface area (Å²) in [7, 11) is -0.945. The van der Waals surface area contributed by atoms with E-state index < -0.39 is 60.3 Å². The van der Waals surface area contributed by atoms with Crippen LogP contribution in [0.4, 0.5) is 22.0 Å². The molecule has 0 aliphatic carbocycles. The summed E-state index contributed by atoms with van der Waals surface area (Å²) in [6.07, 6.45) is -5.91. The molecule has 0 unspecified atom stereocenters. The Hall–Kier alpha value is -1.68. The Labute approximate surface area is 166 Å². The van der Waals surface area contributed by atoms with Crippen LogP contribution in [0.15, 0.2) is 18.2 Å². The first-order valence-electron chi connectivity index (χ1n) is 9.37. The molecule has 1 aromatic rings. The van der Waals surface area contributed by atoms with Crippen LogP contribution < -0.4 is 5.46 Å². The molecule has 2 aliphatic heterocycles. The van der Waals surface area contributed by atoms with Gasteiger partial charge in [-0.25, -0.2) is 8.78 Å². The molecule has 0 atom stereocenters. The molecule has 3 rings (SSSR count). The third kappa shape index (κ3) is 4.28. The van der Waals surface area contributed by atoms with Crippen molar-refractivity contribution in [3.8, 4) is 0 Å². The number of hydrogen-bond acceptors (Lipinski definition) is 3. The van der Waals surface area contributed by atoms with Crippen LogP contribution in [0.1, 0.15) is 56.5 Å². The van der Waals surface area contributed by atoms with E-state index in [1.165, 1.54) is 6.07 Å². The first-order valence-corrected chi connectivity index (χ1v) is 9.37. The first-order chi connectivity index (χ1) is 13.1. The molecule has 10 heteroatoms. The molecule has 2 saturated heterocycles. The van der Waals surface area contributed by atoms with Gasteiger partial charge in [-0.2, -0.15) is 13.2 Å². The number of rotatable bonds is 2. The second-order valence-corrected chi connectivity index (χ2v) is 8.54. The van der Waals surface area contributed by atoms with Gasteiger partial charge in [0.2, 0.25) is 0 Å². The zero-order valence-electron chi connectivity index (χ0n) is 16.7. The van der Waals surface area contributed by atoms with Crippen molar-refractivity contribution in [2.24, 2.45) is 0 Å². The Balaban J connectivity index is 1.95. The number of halogens is 5. The Bertz CT molecular complexity index is 784. The third-order valence-electron chi connectivity index (χ3n) is 5.89. The molecule has 1 amide bonds. The number of benzene rings is 1. The lowest BCUT2D eigenvalue weighted by Gasteiger charge is -2.32. The van der Waals surface area contributed by atoms with Crippen molar-refractivity contribution in [3.05, 3.63) is 29.3 Å². The van der Waals surface area contributed by atoms with E-state index in [0.29, 0.717) is 0 Å².